The molecular formula is C15H21F. The maximum atomic E-state index is 14.2. The highest BCUT2D eigenvalue weighted by Crippen LogP contribution is 2.31. The molecule has 0 saturated carbocycles. The molecule has 1 atom stereocenters. The smallest absolute Gasteiger partial charge is 0.131 e. The molecule has 1 unspecified atom stereocenters. The van der Waals surface area contributed by atoms with Crippen LogP contribution in [-0.4, -0.2) is 5.67 Å². The van der Waals surface area contributed by atoms with Gasteiger partial charge in [0.05, 0.1) is 0 Å². The van der Waals surface area contributed by atoms with Crippen LogP contribution in [0.5, 0.6) is 0 Å². The first kappa shape index (κ1) is 13.0. The van der Waals surface area contributed by atoms with Gasteiger partial charge in [0.25, 0.3) is 0 Å². The first-order chi connectivity index (χ1) is 7.44. The highest BCUT2D eigenvalue weighted by Gasteiger charge is 2.30. The van der Waals surface area contributed by atoms with E-state index in [-0.39, 0.29) is 5.92 Å². The minimum absolute atomic E-state index is 0.0178. The summed E-state index contributed by atoms with van der Waals surface area (Å²) in [5.74, 6) is -0.0178. The van der Waals surface area contributed by atoms with E-state index in [1.165, 1.54) is 5.56 Å². The number of halogens is 1. The molecule has 0 nitrogen and oxygen atoms in total. The first-order valence-electron chi connectivity index (χ1n) is 5.85. The largest absolute Gasteiger partial charge is 0.239 e. The van der Waals surface area contributed by atoms with Crippen molar-refractivity contribution in [3.8, 4) is 0 Å². The fourth-order valence-electron chi connectivity index (χ4n) is 1.59. The number of allylic oxidation sites excluding steroid dienone is 1. The maximum absolute atomic E-state index is 14.2. The molecule has 0 amide bonds. The van der Waals surface area contributed by atoms with Gasteiger partial charge in [-0.05, 0) is 36.8 Å². The molecule has 1 aromatic rings. The van der Waals surface area contributed by atoms with Crippen LogP contribution in [-0.2, 0) is 6.42 Å². The zero-order valence-corrected chi connectivity index (χ0v) is 10.5. The van der Waals surface area contributed by atoms with Crippen LogP contribution in [0.2, 0.25) is 0 Å². The van der Waals surface area contributed by atoms with Crippen molar-refractivity contribution in [2.45, 2.75) is 39.3 Å². The lowest BCUT2D eigenvalue weighted by Gasteiger charge is -2.27. The van der Waals surface area contributed by atoms with Crippen molar-refractivity contribution in [2.24, 2.45) is 5.92 Å². The van der Waals surface area contributed by atoms with Gasteiger partial charge in [-0.25, -0.2) is 4.39 Å². The second kappa shape index (κ2) is 5.29. The summed E-state index contributed by atoms with van der Waals surface area (Å²) in [4.78, 5) is 0. The van der Waals surface area contributed by atoms with E-state index in [4.69, 9.17) is 0 Å². The Bertz CT molecular complexity index is 336. The predicted molar refractivity (Wildman–Crippen MR) is 68.3 cm³/mol. The molecule has 1 aromatic carbocycles. The Balaban J connectivity index is 2.54. The molecule has 0 aliphatic rings. The van der Waals surface area contributed by atoms with E-state index in [0.717, 1.165) is 12.8 Å². The third kappa shape index (κ3) is 3.19. The normalized spacial score (nSPS) is 14.8. The van der Waals surface area contributed by atoms with Crippen LogP contribution in [0.4, 0.5) is 4.39 Å². The summed E-state index contributed by atoms with van der Waals surface area (Å²) in [5, 5.41) is 0. The van der Waals surface area contributed by atoms with Crippen LogP contribution in [0.25, 0.3) is 0 Å². The van der Waals surface area contributed by atoms with E-state index < -0.39 is 5.67 Å². The highest BCUT2D eigenvalue weighted by molar-refractivity contribution is 5.19. The standard InChI is InChI=1S/C15H21F/c1-12(2)15(4,16)13(3)10-11-14-8-6-5-7-9-14/h5-9,12H,3,10-11H2,1-2,4H3. The zero-order valence-electron chi connectivity index (χ0n) is 10.5. The van der Waals surface area contributed by atoms with Crippen molar-refractivity contribution >= 4 is 0 Å². The summed E-state index contributed by atoms with van der Waals surface area (Å²) in [6.45, 7) is 9.31. The van der Waals surface area contributed by atoms with E-state index in [0.29, 0.717) is 5.57 Å². The maximum Gasteiger partial charge on any atom is 0.131 e. The second-order valence-corrected chi connectivity index (χ2v) is 4.82. The molecule has 0 aliphatic carbocycles. The van der Waals surface area contributed by atoms with Gasteiger partial charge in [0.2, 0.25) is 0 Å². The van der Waals surface area contributed by atoms with Crippen LogP contribution in [0.15, 0.2) is 42.5 Å². The van der Waals surface area contributed by atoms with Gasteiger partial charge in [-0.15, -0.1) is 0 Å². The molecule has 16 heavy (non-hydrogen) atoms. The third-order valence-electron chi connectivity index (χ3n) is 3.33. The topological polar surface area (TPSA) is 0 Å². The van der Waals surface area contributed by atoms with Gasteiger partial charge in [0, 0.05) is 0 Å². The summed E-state index contributed by atoms with van der Waals surface area (Å²) in [7, 11) is 0. The van der Waals surface area contributed by atoms with Crippen molar-refractivity contribution in [1.29, 1.82) is 0 Å². The Hall–Kier alpha value is -1.11. The van der Waals surface area contributed by atoms with Crippen LogP contribution in [0.1, 0.15) is 32.8 Å². The highest BCUT2D eigenvalue weighted by atomic mass is 19.1. The number of benzene rings is 1. The summed E-state index contributed by atoms with van der Waals surface area (Å²) in [5.41, 5.74) is 0.684. The Morgan fingerprint density at radius 2 is 1.88 bits per heavy atom. The lowest BCUT2D eigenvalue weighted by molar-refractivity contribution is 0.164. The number of aryl methyl sites for hydroxylation is 1. The summed E-state index contributed by atoms with van der Waals surface area (Å²) in [6.07, 6.45) is 1.58. The monoisotopic (exact) mass is 220 g/mol. The van der Waals surface area contributed by atoms with Crippen molar-refractivity contribution in [3.05, 3.63) is 48.0 Å². The average Bonchev–Trinajstić information content (AvgIpc) is 2.27. The summed E-state index contributed by atoms with van der Waals surface area (Å²) in [6, 6.07) is 10.1. The first-order valence-corrected chi connectivity index (χ1v) is 5.85. The molecule has 0 saturated heterocycles. The fourth-order valence-corrected chi connectivity index (χ4v) is 1.59. The molecule has 0 radical (unpaired) electrons. The van der Waals surface area contributed by atoms with Gasteiger partial charge in [-0.1, -0.05) is 50.8 Å². The van der Waals surface area contributed by atoms with Gasteiger partial charge in [0.1, 0.15) is 5.67 Å². The van der Waals surface area contributed by atoms with E-state index in [1.807, 2.05) is 32.0 Å². The minimum atomic E-state index is -1.26. The van der Waals surface area contributed by atoms with Crippen molar-refractivity contribution in [3.63, 3.8) is 0 Å². The quantitative estimate of drug-likeness (QED) is 0.638. The van der Waals surface area contributed by atoms with Crippen molar-refractivity contribution < 1.29 is 4.39 Å². The second-order valence-electron chi connectivity index (χ2n) is 4.82. The van der Waals surface area contributed by atoms with Crippen molar-refractivity contribution in [2.75, 3.05) is 0 Å². The van der Waals surface area contributed by atoms with E-state index in [2.05, 4.69) is 18.7 Å². The summed E-state index contributed by atoms with van der Waals surface area (Å²) >= 11 is 0. The molecule has 1 heteroatoms. The lowest BCUT2D eigenvalue weighted by Crippen LogP contribution is -2.27. The van der Waals surface area contributed by atoms with Gasteiger partial charge in [0.15, 0.2) is 0 Å². The molecule has 0 fully saturated rings. The van der Waals surface area contributed by atoms with Gasteiger partial charge in [-0.3, -0.25) is 0 Å². The average molecular weight is 220 g/mol. The molecule has 0 N–H and O–H groups in total. The number of hydrogen-bond donors (Lipinski definition) is 0. The molecular weight excluding hydrogens is 199 g/mol. The molecule has 0 aliphatic heterocycles. The van der Waals surface area contributed by atoms with Gasteiger partial charge in [-0.2, -0.15) is 0 Å². The molecule has 88 valence electrons. The SMILES string of the molecule is C=C(CCc1ccccc1)C(C)(F)C(C)C. The van der Waals surface area contributed by atoms with E-state index >= 15 is 0 Å². The van der Waals surface area contributed by atoms with Gasteiger partial charge >= 0.3 is 0 Å². The van der Waals surface area contributed by atoms with Gasteiger partial charge < -0.3 is 0 Å². The van der Waals surface area contributed by atoms with Crippen LogP contribution >= 0.6 is 0 Å². The lowest BCUT2D eigenvalue weighted by atomic mass is 9.84. The van der Waals surface area contributed by atoms with Crippen LogP contribution in [0, 0.1) is 5.92 Å². The van der Waals surface area contributed by atoms with Crippen LogP contribution in [0.3, 0.4) is 0 Å². The van der Waals surface area contributed by atoms with E-state index in [1.54, 1.807) is 6.92 Å². The fraction of sp³-hybridized carbons (Fsp3) is 0.467. The van der Waals surface area contributed by atoms with Crippen LogP contribution < -0.4 is 0 Å². The Morgan fingerprint density at radius 1 is 1.31 bits per heavy atom. The molecule has 0 bridgehead atoms. The Labute approximate surface area is 98.2 Å². The predicted octanol–water partition coefficient (Wildman–Crippen LogP) is 4.56. The molecule has 0 aromatic heterocycles. The zero-order chi connectivity index (χ0) is 12.2. The minimum Gasteiger partial charge on any atom is -0.239 e. The molecule has 1 rings (SSSR count). The molecule has 0 spiro atoms. The van der Waals surface area contributed by atoms with E-state index in [9.17, 15) is 4.39 Å². The number of hydrogen-bond acceptors (Lipinski definition) is 0. The Morgan fingerprint density at radius 3 is 2.38 bits per heavy atom. The molecule has 0 heterocycles. The number of rotatable bonds is 5. The third-order valence-corrected chi connectivity index (χ3v) is 3.33. The Kier molecular flexibility index (Phi) is 4.28. The summed E-state index contributed by atoms with van der Waals surface area (Å²) < 4.78 is 14.2. The van der Waals surface area contributed by atoms with Crippen molar-refractivity contribution in [1.82, 2.24) is 0 Å². The number of alkyl halides is 1.